The van der Waals surface area contributed by atoms with E-state index in [2.05, 4.69) is 36.3 Å². The van der Waals surface area contributed by atoms with Gasteiger partial charge in [0.25, 0.3) is 0 Å². The summed E-state index contributed by atoms with van der Waals surface area (Å²) >= 11 is 0. The number of hydrogen-bond donors (Lipinski definition) is 1. The highest BCUT2D eigenvalue weighted by Gasteiger charge is 2.26. The average Bonchev–Trinajstić information content (AvgIpc) is 3.12. The average molecular weight is 284 g/mol. The molecule has 5 heteroatoms. The third-order valence-electron chi connectivity index (χ3n) is 3.85. The van der Waals surface area contributed by atoms with Crippen LogP contribution in [0.3, 0.4) is 0 Å². The van der Waals surface area contributed by atoms with Gasteiger partial charge in [0.15, 0.2) is 0 Å². The first kappa shape index (κ1) is 13.7. The van der Waals surface area contributed by atoms with Gasteiger partial charge in [-0.2, -0.15) is 0 Å². The molecule has 0 unspecified atom stereocenters. The molecule has 2 amide bonds. The number of nitrogens with one attached hydrogen (secondary N) is 1. The molecule has 1 aliphatic heterocycles. The summed E-state index contributed by atoms with van der Waals surface area (Å²) in [6, 6.07) is 6.02. The van der Waals surface area contributed by atoms with Crippen molar-refractivity contribution in [1.29, 1.82) is 0 Å². The maximum absolute atomic E-state index is 12.3. The van der Waals surface area contributed by atoms with Gasteiger partial charge in [-0.15, -0.1) is 0 Å². The molecule has 0 saturated heterocycles. The van der Waals surface area contributed by atoms with Crippen LogP contribution in [0.25, 0.3) is 5.65 Å². The second kappa shape index (κ2) is 5.60. The summed E-state index contributed by atoms with van der Waals surface area (Å²) in [5, 5.41) is 2.99. The molecule has 2 aromatic rings. The summed E-state index contributed by atoms with van der Waals surface area (Å²) in [5.74, 6) is 0.422. The van der Waals surface area contributed by atoms with E-state index in [1.54, 1.807) is 6.20 Å². The lowest BCUT2D eigenvalue weighted by molar-refractivity contribution is 0.185. The zero-order chi connectivity index (χ0) is 14.8. The van der Waals surface area contributed by atoms with Gasteiger partial charge in [0.2, 0.25) is 0 Å². The normalized spacial score (nSPS) is 17.9. The van der Waals surface area contributed by atoms with Gasteiger partial charge in [-0.25, -0.2) is 9.78 Å². The molecule has 0 aromatic carbocycles. The van der Waals surface area contributed by atoms with Crippen molar-refractivity contribution in [2.24, 2.45) is 5.92 Å². The van der Waals surface area contributed by atoms with Gasteiger partial charge in [0, 0.05) is 12.7 Å². The second-order valence-corrected chi connectivity index (χ2v) is 5.65. The second-order valence-electron chi connectivity index (χ2n) is 5.65. The van der Waals surface area contributed by atoms with Gasteiger partial charge >= 0.3 is 6.03 Å². The fourth-order valence-corrected chi connectivity index (χ4v) is 2.72. The van der Waals surface area contributed by atoms with E-state index < -0.39 is 0 Å². The molecule has 0 spiro atoms. The molecule has 110 valence electrons. The Morgan fingerprint density at radius 1 is 1.48 bits per heavy atom. The monoisotopic (exact) mass is 284 g/mol. The molecule has 3 rings (SSSR count). The first-order valence-corrected chi connectivity index (χ1v) is 7.29. The molecule has 0 fully saturated rings. The summed E-state index contributed by atoms with van der Waals surface area (Å²) in [7, 11) is 0. The predicted molar refractivity (Wildman–Crippen MR) is 81.9 cm³/mol. The third kappa shape index (κ3) is 2.63. The van der Waals surface area contributed by atoms with Gasteiger partial charge < -0.3 is 14.6 Å². The van der Waals surface area contributed by atoms with E-state index >= 15 is 0 Å². The standard InChI is InChI=1S/C16H20N4O/c1-12(2)14-6-5-9-20(14)16(21)18-11-13-10-17-15-7-3-4-8-19(13)15/h3-8,10,12,14H,9,11H2,1-2H3,(H,18,21)/t14-/m0/s1. The van der Waals surface area contributed by atoms with Crippen molar-refractivity contribution >= 4 is 11.7 Å². The first-order chi connectivity index (χ1) is 10.2. The highest BCUT2D eigenvalue weighted by Crippen LogP contribution is 2.17. The van der Waals surface area contributed by atoms with Crippen molar-refractivity contribution in [3.8, 4) is 0 Å². The van der Waals surface area contributed by atoms with Crippen LogP contribution in [-0.2, 0) is 6.54 Å². The maximum Gasteiger partial charge on any atom is 0.318 e. The van der Waals surface area contributed by atoms with Crippen LogP contribution >= 0.6 is 0 Å². The van der Waals surface area contributed by atoms with Gasteiger partial charge in [0.1, 0.15) is 5.65 Å². The van der Waals surface area contributed by atoms with Crippen molar-refractivity contribution in [3.63, 3.8) is 0 Å². The lowest BCUT2D eigenvalue weighted by atomic mass is 10.1. The number of carbonyl (C=O) groups is 1. The number of pyridine rings is 1. The van der Waals surface area contributed by atoms with Gasteiger partial charge in [0.05, 0.1) is 24.5 Å². The summed E-state index contributed by atoms with van der Waals surface area (Å²) in [4.78, 5) is 18.5. The van der Waals surface area contributed by atoms with Crippen LogP contribution in [0.15, 0.2) is 42.7 Å². The summed E-state index contributed by atoms with van der Waals surface area (Å²) in [6.45, 7) is 5.42. The summed E-state index contributed by atoms with van der Waals surface area (Å²) in [5.41, 5.74) is 1.87. The van der Waals surface area contributed by atoms with Crippen molar-refractivity contribution < 1.29 is 4.79 Å². The number of carbonyl (C=O) groups excluding carboxylic acids is 1. The van der Waals surface area contributed by atoms with Crippen LogP contribution < -0.4 is 5.32 Å². The van der Waals surface area contributed by atoms with Gasteiger partial charge in [-0.3, -0.25) is 0 Å². The Morgan fingerprint density at radius 3 is 3.14 bits per heavy atom. The molecule has 5 nitrogen and oxygen atoms in total. The van der Waals surface area contributed by atoms with Crippen molar-refractivity contribution in [1.82, 2.24) is 19.6 Å². The minimum absolute atomic E-state index is 0.0235. The van der Waals surface area contributed by atoms with Crippen LogP contribution in [0.5, 0.6) is 0 Å². The Kier molecular flexibility index (Phi) is 3.64. The lowest BCUT2D eigenvalue weighted by Crippen LogP contribution is -2.44. The van der Waals surface area contributed by atoms with Crippen molar-refractivity contribution in [2.75, 3.05) is 6.54 Å². The van der Waals surface area contributed by atoms with Crippen LogP contribution in [0.1, 0.15) is 19.5 Å². The molecule has 1 aliphatic rings. The lowest BCUT2D eigenvalue weighted by Gasteiger charge is -2.27. The molecular formula is C16H20N4O. The number of rotatable bonds is 3. The van der Waals surface area contributed by atoms with Gasteiger partial charge in [-0.1, -0.05) is 32.1 Å². The molecule has 1 N–H and O–H groups in total. The molecule has 3 heterocycles. The molecule has 21 heavy (non-hydrogen) atoms. The summed E-state index contributed by atoms with van der Waals surface area (Å²) < 4.78 is 1.99. The van der Waals surface area contributed by atoms with Crippen LogP contribution in [0, 0.1) is 5.92 Å². The molecule has 0 bridgehead atoms. The van der Waals surface area contributed by atoms with Crippen LogP contribution in [0.4, 0.5) is 4.79 Å². The number of nitrogens with zero attached hydrogens (tertiary/aromatic N) is 3. The number of aromatic nitrogens is 2. The SMILES string of the molecule is CC(C)[C@@H]1C=CCN1C(=O)NCc1cnc2ccccn12. The number of fused-ring (bicyclic) bond motifs is 1. The van der Waals surface area contributed by atoms with E-state index in [4.69, 9.17) is 0 Å². The highest BCUT2D eigenvalue weighted by molar-refractivity contribution is 5.75. The maximum atomic E-state index is 12.3. The Morgan fingerprint density at radius 2 is 2.33 bits per heavy atom. The van der Waals surface area contributed by atoms with E-state index in [0.717, 1.165) is 11.3 Å². The van der Waals surface area contributed by atoms with Gasteiger partial charge in [-0.05, 0) is 18.1 Å². The quantitative estimate of drug-likeness (QED) is 0.880. The molecular weight excluding hydrogens is 264 g/mol. The minimum Gasteiger partial charge on any atom is -0.332 e. The predicted octanol–water partition coefficient (Wildman–Crippen LogP) is 2.44. The largest absolute Gasteiger partial charge is 0.332 e. The van der Waals surface area contributed by atoms with E-state index in [-0.39, 0.29) is 12.1 Å². The number of urea groups is 1. The summed E-state index contributed by atoms with van der Waals surface area (Å²) in [6.07, 6.45) is 7.92. The number of imidazole rings is 1. The minimum atomic E-state index is -0.0235. The fraction of sp³-hybridized carbons (Fsp3) is 0.375. The van der Waals surface area contributed by atoms with E-state index in [9.17, 15) is 4.79 Å². The third-order valence-corrected chi connectivity index (χ3v) is 3.85. The molecule has 0 radical (unpaired) electrons. The Hall–Kier alpha value is -2.30. The number of amides is 2. The first-order valence-electron chi connectivity index (χ1n) is 7.29. The van der Waals surface area contributed by atoms with E-state index in [1.807, 2.05) is 33.7 Å². The van der Waals surface area contributed by atoms with E-state index in [1.165, 1.54) is 0 Å². The van der Waals surface area contributed by atoms with Crippen molar-refractivity contribution in [2.45, 2.75) is 26.4 Å². The van der Waals surface area contributed by atoms with Crippen molar-refractivity contribution in [3.05, 3.63) is 48.4 Å². The topological polar surface area (TPSA) is 49.6 Å². The van der Waals surface area contributed by atoms with Crippen LogP contribution in [0.2, 0.25) is 0 Å². The number of hydrogen-bond acceptors (Lipinski definition) is 2. The molecule has 0 aliphatic carbocycles. The Balaban J connectivity index is 1.66. The van der Waals surface area contributed by atoms with E-state index in [0.29, 0.717) is 19.0 Å². The Bertz CT molecular complexity index is 674. The fourth-order valence-electron chi connectivity index (χ4n) is 2.72. The molecule has 1 atom stereocenters. The smallest absolute Gasteiger partial charge is 0.318 e. The molecule has 2 aromatic heterocycles. The van der Waals surface area contributed by atoms with Crippen LogP contribution in [-0.4, -0.2) is 32.9 Å². The Labute approximate surface area is 124 Å². The zero-order valence-electron chi connectivity index (χ0n) is 12.4. The highest BCUT2D eigenvalue weighted by atomic mass is 16.2. The zero-order valence-corrected chi connectivity index (χ0v) is 12.4. The molecule has 0 saturated carbocycles.